The smallest absolute Gasteiger partial charge is 0.191 e. The van der Waals surface area contributed by atoms with E-state index in [0.717, 1.165) is 31.5 Å². The molecule has 1 heterocycles. The zero-order valence-corrected chi connectivity index (χ0v) is 16.0. The number of guanidine groups is 1. The molecule has 22 heavy (non-hydrogen) atoms. The normalized spacial score (nSPS) is 19.4. The van der Waals surface area contributed by atoms with Crippen LogP contribution in [-0.2, 0) is 6.54 Å². The summed E-state index contributed by atoms with van der Waals surface area (Å²) >= 11 is 0. The number of benzene rings is 1. The van der Waals surface area contributed by atoms with E-state index in [4.69, 9.17) is 0 Å². The number of rotatable bonds is 5. The van der Waals surface area contributed by atoms with Gasteiger partial charge in [-0.05, 0) is 30.9 Å². The van der Waals surface area contributed by atoms with Crippen molar-refractivity contribution >= 4 is 29.9 Å². The molecule has 4 nitrogen and oxygen atoms in total. The zero-order chi connectivity index (χ0) is 14.9. The Labute approximate surface area is 151 Å². The van der Waals surface area contributed by atoms with Crippen LogP contribution in [0.4, 0.5) is 0 Å². The molecule has 1 saturated heterocycles. The lowest BCUT2D eigenvalue weighted by Gasteiger charge is -2.30. The SMILES string of the molecule is CN=C(NCCN1CCCC(C)C1)NCc1ccccc1.I. The molecule has 0 radical (unpaired) electrons. The fourth-order valence-electron chi connectivity index (χ4n) is 2.82. The number of halogens is 1. The van der Waals surface area contributed by atoms with Gasteiger partial charge in [-0.2, -0.15) is 0 Å². The van der Waals surface area contributed by atoms with Gasteiger partial charge >= 0.3 is 0 Å². The standard InChI is InChI=1S/C17H28N4.HI/c1-15-7-6-11-21(14-15)12-10-19-17(18-2)20-13-16-8-4-3-5-9-16;/h3-5,8-9,15H,6-7,10-14H2,1-2H3,(H2,18,19,20);1H. The monoisotopic (exact) mass is 416 g/mol. The van der Waals surface area contributed by atoms with Crippen molar-refractivity contribution in [2.24, 2.45) is 10.9 Å². The lowest BCUT2D eigenvalue weighted by atomic mass is 10.0. The van der Waals surface area contributed by atoms with Gasteiger partial charge in [0.1, 0.15) is 0 Å². The Kier molecular flexibility index (Phi) is 9.47. The summed E-state index contributed by atoms with van der Waals surface area (Å²) in [6.45, 7) is 7.67. The first-order valence-electron chi connectivity index (χ1n) is 7.98. The van der Waals surface area contributed by atoms with Gasteiger partial charge in [0.25, 0.3) is 0 Å². The predicted octanol–water partition coefficient (Wildman–Crippen LogP) is 2.70. The quantitative estimate of drug-likeness (QED) is 0.441. The van der Waals surface area contributed by atoms with Crippen molar-refractivity contribution in [3.05, 3.63) is 35.9 Å². The van der Waals surface area contributed by atoms with E-state index in [9.17, 15) is 0 Å². The third-order valence-corrected chi connectivity index (χ3v) is 3.99. The first-order chi connectivity index (χ1) is 10.3. The number of hydrogen-bond donors (Lipinski definition) is 2. The van der Waals surface area contributed by atoms with Gasteiger partial charge in [-0.15, -0.1) is 24.0 Å². The second-order valence-corrected chi connectivity index (χ2v) is 5.89. The molecule has 5 heteroatoms. The minimum atomic E-state index is 0. The average molecular weight is 416 g/mol. The molecule has 2 rings (SSSR count). The number of hydrogen-bond acceptors (Lipinski definition) is 2. The van der Waals surface area contributed by atoms with Gasteiger partial charge in [-0.1, -0.05) is 37.3 Å². The highest BCUT2D eigenvalue weighted by molar-refractivity contribution is 14.0. The van der Waals surface area contributed by atoms with Crippen molar-refractivity contribution in [1.29, 1.82) is 0 Å². The predicted molar refractivity (Wildman–Crippen MR) is 105 cm³/mol. The fraction of sp³-hybridized carbons (Fsp3) is 0.588. The van der Waals surface area contributed by atoms with Crippen molar-refractivity contribution in [3.8, 4) is 0 Å². The second-order valence-electron chi connectivity index (χ2n) is 5.89. The molecule has 1 aromatic rings. The fourth-order valence-corrected chi connectivity index (χ4v) is 2.82. The van der Waals surface area contributed by atoms with Gasteiger partial charge in [0, 0.05) is 33.2 Å². The van der Waals surface area contributed by atoms with E-state index in [2.05, 4.69) is 51.7 Å². The lowest BCUT2D eigenvalue weighted by Crippen LogP contribution is -2.43. The minimum Gasteiger partial charge on any atom is -0.355 e. The molecular formula is C17H29IN4. The first-order valence-corrected chi connectivity index (χ1v) is 7.98. The highest BCUT2D eigenvalue weighted by Gasteiger charge is 2.15. The van der Waals surface area contributed by atoms with Crippen LogP contribution in [-0.4, -0.2) is 44.1 Å². The van der Waals surface area contributed by atoms with Crippen LogP contribution in [0.5, 0.6) is 0 Å². The van der Waals surface area contributed by atoms with Gasteiger partial charge in [-0.25, -0.2) is 0 Å². The highest BCUT2D eigenvalue weighted by Crippen LogP contribution is 2.14. The van der Waals surface area contributed by atoms with Crippen molar-refractivity contribution in [2.75, 3.05) is 33.2 Å². The third-order valence-electron chi connectivity index (χ3n) is 3.99. The van der Waals surface area contributed by atoms with E-state index in [1.165, 1.54) is 31.5 Å². The van der Waals surface area contributed by atoms with Crippen LogP contribution in [0, 0.1) is 5.92 Å². The van der Waals surface area contributed by atoms with Crippen molar-refractivity contribution in [3.63, 3.8) is 0 Å². The van der Waals surface area contributed by atoms with E-state index >= 15 is 0 Å². The van der Waals surface area contributed by atoms with Crippen molar-refractivity contribution < 1.29 is 0 Å². The van der Waals surface area contributed by atoms with E-state index < -0.39 is 0 Å². The third kappa shape index (κ3) is 6.96. The highest BCUT2D eigenvalue weighted by atomic mass is 127. The van der Waals surface area contributed by atoms with Crippen molar-refractivity contribution in [1.82, 2.24) is 15.5 Å². The maximum atomic E-state index is 4.28. The molecule has 124 valence electrons. The number of nitrogens with zero attached hydrogens (tertiary/aromatic N) is 2. The molecule has 1 aromatic carbocycles. The van der Waals surface area contributed by atoms with Gasteiger partial charge in [0.2, 0.25) is 0 Å². The molecule has 2 N–H and O–H groups in total. The molecule has 0 saturated carbocycles. The van der Waals surface area contributed by atoms with Crippen LogP contribution < -0.4 is 10.6 Å². The van der Waals surface area contributed by atoms with Crippen molar-refractivity contribution in [2.45, 2.75) is 26.3 Å². The van der Waals surface area contributed by atoms with Crippen LogP contribution in [0.25, 0.3) is 0 Å². The summed E-state index contributed by atoms with van der Waals surface area (Å²) in [6.07, 6.45) is 2.71. The average Bonchev–Trinajstić information content (AvgIpc) is 2.52. The van der Waals surface area contributed by atoms with E-state index in [1.807, 2.05) is 13.1 Å². The summed E-state index contributed by atoms with van der Waals surface area (Å²) in [5.41, 5.74) is 1.27. The maximum absolute atomic E-state index is 4.28. The molecule has 1 fully saturated rings. The van der Waals surface area contributed by atoms with Gasteiger partial charge in [0.15, 0.2) is 5.96 Å². The lowest BCUT2D eigenvalue weighted by molar-refractivity contribution is 0.187. The molecular weight excluding hydrogens is 387 g/mol. The Bertz CT molecular complexity index is 436. The summed E-state index contributed by atoms with van der Waals surface area (Å²) in [6, 6.07) is 10.4. The van der Waals surface area contributed by atoms with Crippen LogP contribution >= 0.6 is 24.0 Å². The Morgan fingerprint density at radius 2 is 2.05 bits per heavy atom. The van der Waals surface area contributed by atoms with E-state index in [1.54, 1.807) is 0 Å². The largest absolute Gasteiger partial charge is 0.355 e. The van der Waals surface area contributed by atoms with Gasteiger partial charge < -0.3 is 15.5 Å². The van der Waals surface area contributed by atoms with Crippen LogP contribution in [0.15, 0.2) is 35.3 Å². The van der Waals surface area contributed by atoms with Crippen LogP contribution in [0.3, 0.4) is 0 Å². The topological polar surface area (TPSA) is 39.7 Å². The second kappa shape index (κ2) is 10.8. The molecule has 0 aromatic heterocycles. The Balaban J connectivity index is 0.00000242. The Hall–Kier alpha value is -0.820. The molecule has 1 aliphatic heterocycles. The summed E-state index contributed by atoms with van der Waals surface area (Å²) in [5, 5.41) is 6.75. The van der Waals surface area contributed by atoms with Gasteiger partial charge in [-0.3, -0.25) is 4.99 Å². The summed E-state index contributed by atoms with van der Waals surface area (Å²) < 4.78 is 0. The Morgan fingerprint density at radius 3 is 2.73 bits per heavy atom. The molecule has 0 spiro atoms. The number of piperidine rings is 1. The van der Waals surface area contributed by atoms with E-state index in [-0.39, 0.29) is 24.0 Å². The first kappa shape index (κ1) is 19.2. The van der Waals surface area contributed by atoms with Gasteiger partial charge in [0.05, 0.1) is 0 Å². The van der Waals surface area contributed by atoms with Crippen LogP contribution in [0.1, 0.15) is 25.3 Å². The van der Waals surface area contributed by atoms with E-state index in [0.29, 0.717) is 0 Å². The summed E-state index contributed by atoms with van der Waals surface area (Å²) in [5.74, 6) is 1.72. The van der Waals surface area contributed by atoms with Crippen LogP contribution in [0.2, 0.25) is 0 Å². The minimum absolute atomic E-state index is 0. The number of likely N-dealkylation sites (tertiary alicyclic amines) is 1. The number of aliphatic imine (C=N–C) groups is 1. The molecule has 0 aliphatic carbocycles. The molecule has 1 atom stereocenters. The molecule has 0 bridgehead atoms. The molecule has 0 amide bonds. The summed E-state index contributed by atoms with van der Waals surface area (Å²) in [7, 11) is 1.82. The number of nitrogens with one attached hydrogen (secondary N) is 2. The maximum Gasteiger partial charge on any atom is 0.191 e. The zero-order valence-electron chi connectivity index (χ0n) is 13.7. The Morgan fingerprint density at radius 1 is 1.27 bits per heavy atom. The molecule has 1 unspecified atom stereocenters. The molecule has 1 aliphatic rings. The summed E-state index contributed by atoms with van der Waals surface area (Å²) in [4.78, 5) is 6.82.